The van der Waals surface area contributed by atoms with Crippen molar-refractivity contribution >= 4 is 5.91 Å². The van der Waals surface area contributed by atoms with E-state index in [1.165, 1.54) is 25.3 Å². The fraction of sp³-hybridized carbons (Fsp3) is 0.500. The highest BCUT2D eigenvalue weighted by atomic mass is 19.1. The van der Waals surface area contributed by atoms with Gasteiger partial charge in [0.05, 0.1) is 12.7 Å². The van der Waals surface area contributed by atoms with E-state index in [1.54, 1.807) is 6.92 Å². The van der Waals surface area contributed by atoms with Crippen LogP contribution in [-0.4, -0.2) is 30.3 Å². The zero-order valence-electron chi connectivity index (χ0n) is 11.5. The highest BCUT2D eigenvalue weighted by Crippen LogP contribution is 2.21. The number of aliphatic hydroxyl groups is 1. The number of ether oxygens (including phenoxy) is 1. The second-order valence-electron chi connectivity index (χ2n) is 4.75. The quantitative estimate of drug-likeness (QED) is 0.831. The first-order chi connectivity index (χ1) is 8.91. The zero-order chi connectivity index (χ0) is 14.5. The molecule has 4 nitrogen and oxygen atoms in total. The van der Waals surface area contributed by atoms with E-state index in [9.17, 15) is 14.3 Å². The monoisotopic (exact) mass is 269 g/mol. The molecule has 1 unspecified atom stereocenters. The first-order valence-corrected chi connectivity index (χ1v) is 6.24. The number of methoxy groups -OCH3 is 1. The molecule has 0 saturated heterocycles. The second-order valence-corrected chi connectivity index (χ2v) is 4.75. The zero-order valence-corrected chi connectivity index (χ0v) is 11.5. The number of carbonyl (C=O) groups is 1. The summed E-state index contributed by atoms with van der Waals surface area (Å²) >= 11 is 0. The van der Waals surface area contributed by atoms with Gasteiger partial charge in [0.15, 0.2) is 0 Å². The van der Waals surface area contributed by atoms with Gasteiger partial charge >= 0.3 is 0 Å². The molecule has 0 bridgehead atoms. The number of rotatable bonds is 6. The number of hydrogen-bond donors (Lipinski definition) is 2. The minimum atomic E-state index is -0.997. The summed E-state index contributed by atoms with van der Waals surface area (Å²) in [5.74, 6) is -1.06. The van der Waals surface area contributed by atoms with Crippen LogP contribution in [-0.2, 0) is 0 Å². The van der Waals surface area contributed by atoms with E-state index >= 15 is 0 Å². The molecule has 0 aliphatic heterocycles. The fourth-order valence-electron chi connectivity index (χ4n) is 1.88. The summed E-state index contributed by atoms with van der Waals surface area (Å²) in [7, 11) is 1.37. The van der Waals surface area contributed by atoms with Crippen LogP contribution in [0.5, 0.6) is 5.75 Å². The first-order valence-electron chi connectivity index (χ1n) is 6.24. The molecule has 0 aromatic heterocycles. The largest absolute Gasteiger partial charge is 0.496 e. The Morgan fingerprint density at radius 2 is 2.21 bits per heavy atom. The lowest BCUT2D eigenvalue weighted by Crippen LogP contribution is -2.40. The number of hydrogen-bond acceptors (Lipinski definition) is 3. The smallest absolute Gasteiger partial charge is 0.258 e. The second kappa shape index (κ2) is 6.52. The van der Waals surface area contributed by atoms with E-state index in [2.05, 4.69) is 5.32 Å². The normalized spacial score (nSPS) is 13.7. The van der Waals surface area contributed by atoms with Crippen molar-refractivity contribution in [2.24, 2.45) is 0 Å². The van der Waals surface area contributed by atoms with Gasteiger partial charge in [-0.15, -0.1) is 0 Å². The van der Waals surface area contributed by atoms with Gasteiger partial charge in [0.2, 0.25) is 0 Å². The van der Waals surface area contributed by atoms with Crippen molar-refractivity contribution in [3.05, 3.63) is 29.6 Å². The van der Waals surface area contributed by atoms with Crippen LogP contribution in [0, 0.1) is 5.82 Å². The third-order valence-corrected chi connectivity index (χ3v) is 2.84. The van der Waals surface area contributed by atoms with Crippen molar-refractivity contribution in [2.45, 2.75) is 32.3 Å². The van der Waals surface area contributed by atoms with Crippen molar-refractivity contribution in [3.63, 3.8) is 0 Å². The standard InChI is InChI=1S/C14H20FNO3/c1-4-8-14(2,18)9-16-13(17)12-10(15)6-5-7-11(12)19-3/h5-7,18H,4,8-9H2,1-3H3,(H,16,17). The van der Waals surface area contributed by atoms with E-state index in [1.807, 2.05) is 6.92 Å². The predicted molar refractivity (Wildman–Crippen MR) is 70.8 cm³/mol. The maximum absolute atomic E-state index is 13.7. The minimum Gasteiger partial charge on any atom is -0.496 e. The van der Waals surface area contributed by atoms with Crippen molar-refractivity contribution in [2.75, 3.05) is 13.7 Å². The average Bonchev–Trinajstić information content (AvgIpc) is 2.35. The molecule has 2 N–H and O–H groups in total. The number of carbonyl (C=O) groups excluding carboxylic acids is 1. The Balaban J connectivity index is 2.79. The number of nitrogens with one attached hydrogen (secondary N) is 1. The van der Waals surface area contributed by atoms with Gasteiger partial charge in [-0.3, -0.25) is 4.79 Å². The third-order valence-electron chi connectivity index (χ3n) is 2.84. The number of benzene rings is 1. The van der Waals surface area contributed by atoms with Gasteiger partial charge in [0.1, 0.15) is 17.1 Å². The van der Waals surface area contributed by atoms with E-state index in [0.29, 0.717) is 6.42 Å². The van der Waals surface area contributed by atoms with Crippen LogP contribution in [0.15, 0.2) is 18.2 Å². The van der Waals surface area contributed by atoms with Gasteiger partial charge in [-0.2, -0.15) is 0 Å². The third kappa shape index (κ3) is 4.21. The molecule has 1 atom stereocenters. The van der Waals surface area contributed by atoms with Gasteiger partial charge in [0, 0.05) is 6.54 Å². The molecule has 0 saturated carbocycles. The Morgan fingerprint density at radius 3 is 2.79 bits per heavy atom. The molecule has 0 fully saturated rings. The Morgan fingerprint density at radius 1 is 1.53 bits per heavy atom. The SMILES string of the molecule is CCCC(C)(O)CNC(=O)c1c(F)cccc1OC. The van der Waals surface area contributed by atoms with Gasteiger partial charge in [-0.25, -0.2) is 4.39 Å². The molecule has 0 spiro atoms. The summed E-state index contributed by atoms with van der Waals surface area (Å²) in [6.07, 6.45) is 1.35. The summed E-state index contributed by atoms with van der Waals surface area (Å²) in [6, 6.07) is 4.18. The summed E-state index contributed by atoms with van der Waals surface area (Å²) < 4.78 is 18.6. The molecule has 0 radical (unpaired) electrons. The summed E-state index contributed by atoms with van der Waals surface area (Å²) in [4.78, 5) is 12.0. The molecule has 106 valence electrons. The Labute approximate surface area is 112 Å². The molecular weight excluding hydrogens is 249 g/mol. The van der Waals surface area contributed by atoms with E-state index in [0.717, 1.165) is 6.42 Å². The van der Waals surface area contributed by atoms with Gasteiger partial charge < -0.3 is 15.2 Å². The van der Waals surface area contributed by atoms with Crippen LogP contribution in [0.3, 0.4) is 0 Å². The number of halogens is 1. The molecular formula is C14H20FNO3. The molecule has 1 aromatic rings. The molecule has 0 aliphatic rings. The Hall–Kier alpha value is -1.62. The summed E-state index contributed by atoms with van der Waals surface area (Å²) in [6.45, 7) is 3.64. The van der Waals surface area contributed by atoms with Crippen LogP contribution in [0.1, 0.15) is 37.0 Å². The maximum Gasteiger partial charge on any atom is 0.258 e. The molecule has 0 aliphatic carbocycles. The van der Waals surface area contributed by atoms with Crippen molar-refractivity contribution in [3.8, 4) is 5.75 Å². The van der Waals surface area contributed by atoms with Crippen molar-refractivity contribution < 1.29 is 19.0 Å². The van der Waals surface area contributed by atoms with E-state index < -0.39 is 17.3 Å². The summed E-state index contributed by atoms with van der Waals surface area (Å²) in [5.41, 5.74) is -1.14. The van der Waals surface area contributed by atoms with Crippen molar-refractivity contribution in [1.82, 2.24) is 5.32 Å². The highest BCUT2D eigenvalue weighted by Gasteiger charge is 2.23. The van der Waals surface area contributed by atoms with Gasteiger partial charge in [0.25, 0.3) is 5.91 Å². The molecule has 1 rings (SSSR count). The van der Waals surface area contributed by atoms with Gasteiger partial charge in [-0.05, 0) is 25.5 Å². The van der Waals surface area contributed by atoms with Gasteiger partial charge in [-0.1, -0.05) is 19.4 Å². The fourth-order valence-corrected chi connectivity index (χ4v) is 1.88. The van der Waals surface area contributed by atoms with Crippen LogP contribution < -0.4 is 10.1 Å². The van der Waals surface area contributed by atoms with Crippen LogP contribution in [0.4, 0.5) is 4.39 Å². The lowest BCUT2D eigenvalue weighted by Gasteiger charge is -2.23. The van der Waals surface area contributed by atoms with E-state index in [-0.39, 0.29) is 17.9 Å². The molecule has 19 heavy (non-hydrogen) atoms. The summed E-state index contributed by atoms with van der Waals surface area (Å²) in [5, 5.41) is 12.5. The molecule has 1 amide bonds. The van der Waals surface area contributed by atoms with Crippen LogP contribution in [0.2, 0.25) is 0 Å². The lowest BCUT2D eigenvalue weighted by molar-refractivity contribution is 0.0468. The van der Waals surface area contributed by atoms with Crippen LogP contribution in [0.25, 0.3) is 0 Å². The highest BCUT2D eigenvalue weighted by molar-refractivity contribution is 5.97. The predicted octanol–water partition coefficient (Wildman–Crippen LogP) is 2.12. The molecule has 5 heteroatoms. The lowest BCUT2D eigenvalue weighted by atomic mass is 10.0. The maximum atomic E-state index is 13.7. The topological polar surface area (TPSA) is 58.6 Å². The van der Waals surface area contributed by atoms with Crippen molar-refractivity contribution in [1.29, 1.82) is 0 Å². The number of amides is 1. The Kier molecular flexibility index (Phi) is 5.30. The molecule has 0 heterocycles. The Bertz CT molecular complexity index is 446. The minimum absolute atomic E-state index is 0.0666. The van der Waals surface area contributed by atoms with E-state index in [4.69, 9.17) is 4.74 Å². The first kappa shape index (κ1) is 15.4. The van der Waals surface area contributed by atoms with Crippen LogP contribution >= 0.6 is 0 Å². The average molecular weight is 269 g/mol. The molecule has 1 aromatic carbocycles.